The number of carbonyl (C=O) groups is 1. The van der Waals surface area contributed by atoms with Gasteiger partial charge in [-0.3, -0.25) is 4.79 Å². The standard InChI is InChI=1S/C14H25N3OS/c1-3-12(13(15)19)14(18)16-9-7-10-5-4-6-11(8-9)17(10)2/h9-12H,3-8H2,1-2H3,(H2,15,19)(H,16,18). The second kappa shape index (κ2) is 6.18. The summed E-state index contributed by atoms with van der Waals surface area (Å²) in [6.07, 6.45) is 6.64. The number of rotatable bonds is 4. The zero-order valence-corrected chi connectivity index (χ0v) is 12.7. The normalized spacial score (nSPS) is 32.6. The fraction of sp³-hybridized carbons (Fsp3) is 0.857. The van der Waals surface area contributed by atoms with Gasteiger partial charge in [0.25, 0.3) is 0 Å². The van der Waals surface area contributed by atoms with Crippen molar-refractivity contribution in [2.75, 3.05) is 7.05 Å². The van der Waals surface area contributed by atoms with Gasteiger partial charge in [0, 0.05) is 18.1 Å². The molecule has 0 aromatic carbocycles. The highest BCUT2D eigenvalue weighted by molar-refractivity contribution is 7.80. The van der Waals surface area contributed by atoms with Gasteiger partial charge in [-0.1, -0.05) is 25.6 Å². The van der Waals surface area contributed by atoms with Gasteiger partial charge in [-0.05, 0) is 39.2 Å². The van der Waals surface area contributed by atoms with E-state index >= 15 is 0 Å². The average Bonchev–Trinajstić information content (AvgIpc) is 2.30. The van der Waals surface area contributed by atoms with Gasteiger partial charge in [0.15, 0.2) is 0 Å². The van der Waals surface area contributed by atoms with Crippen molar-refractivity contribution in [1.29, 1.82) is 0 Å². The van der Waals surface area contributed by atoms with Gasteiger partial charge in [0.2, 0.25) is 5.91 Å². The summed E-state index contributed by atoms with van der Waals surface area (Å²) >= 11 is 4.97. The Bertz CT molecular complexity index is 347. The fourth-order valence-corrected chi connectivity index (χ4v) is 3.82. The molecule has 1 amide bonds. The molecule has 0 aromatic rings. The number of hydrogen-bond donors (Lipinski definition) is 2. The summed E-state index contributed by atoms with van der Waals surface area (Å²) in [6, 6.07) is 1.55. The van der Waals surface area contributed by atoms with Gasteiger partial charge in [0.1, 0.15) is 0 Å². The highest BCUT2D eigenvalue weighted by Crippen LogP contribution is 2.32. The van der Waals surface area contributed by atoms with Crippen LogP contribution in [0.1, 0.15) is 45.4 Å². The van der Waals surface area contributed by atoms with Crippen molar-refractivity contribution < 1.29 is 4.79 Å². The van der Waals surface area contributed by atoms with E-state index < -0.39 is 0 Å². The molecule has 19 heavy (non-hydrogen) atoms. The first kappa shape index (κ1) is 14.7. The van der Waals surface area contributed by atoms with Crippen LogP contribution in [0, 0.1) is 5.92 Å². The van der Waals surface area contributed by atoms with E-state index in [0.717, 1.165) is 12.8 Å². The first-order valence-corrected chi connectivity index (χ1v) is 7.75. The lowest BCUT2D eigenvalue weighted by atomic mass is 9.82. The first-order valence-electron chi connectivity index (χ1n) is 7.34. The maximum atomic E-state index is 12.2. The molecule has 0 spiro atoms. The van der Waals surface area contributed by atoms with Crippen LogP contribution in [0.25, 0.3) is 0 Å². The fourth-order valence-electron chi connectivity index (χ4n) is 3.55. The summed E-state index contributed by atoms with van der Waals surface area (Å²) in [4.78, 5) is 15.0. The Hall–Kier alpha value is -0.680. The van der Waals surface area contributed by atoms with Crippen LogP contribution in [0.15, 0.2) is 0 Å². The predicted octanol–water partition coefficient (Wildman–Crippen LogP) is 1.43. The lowest BCUT2D eigenvalue weighted by molar-refractivity contribution is -0.124. The van der Waals surface area contributed by atoms with Crippen LogP contribution in [-0.4, -0.2) is 41.0 Å². The number of amides is 1. The third-order valence-electron chi connectivity index (χ3n) is 4.75. The van der Waals surface area contributed by atoms with E-state index in [-0.39, 0.29) is 11.8 Å². The van der Waals surface area contributed by atoms with Crippen LogP contribution in [0.3, 0.4) is 0 Å². The van der Waals surface area contributed by atoms with E-state index in [0.29, 0.717) is 29.5 Å². The smallest absolute Gasteiger partial charge is 0.230 e. The van der Waals surface area contributed by atoms with Crippen molar-refractivity contribution in [2.45, 2.75) is 63.6 Å². The SMILES string of the molecule is CCC(C(=O)NC1CC2CCCC(C1)N2C)C(N)=S. The summed E-state index contributed by atoms with van der Waals surface area (Å²) < 4.78 is 0. The molecule has 0 saturated carbocycles. The number of carbonyl (C=O) groups excluding carboxylic acids is 1. The number of hydrogen-bond acceptors (Lipinski definition) is 3. The van der Waals surface area contributed by atoms with E-state index in [1.165, 1.54) is 19.3 Å². The van der Waals surface area contributed by atoms with Crippen LogP contribution < -0.4 is 11.1 Å². The Morgan fingerprint density at radius 2 is 2.00 bits per heavy atom. The van der Waals surface area contributed by atoms with Crippen LogP contribution in [0.2, 0.25) is 0 Å². The quantitative estimate of drug-likeness (QED) is 0.766. The molecule has 2 fully saturated rings. The van der Waals surface area contributed by atoms with Crippen molar-refractivity contribution in [3.63, 3.8) is 0 Å². The lowest BCUT2D eigenvalue weighted by Crippen LogP contribution is -2.56. The molecular weight excluding hydrogens is 258 g/mol. The van der Waals surface area contributed by atoms with Gasteiger partial charge in [-0.2, -0.15) is 0 Å². The Morgan fingerprint density at radius 3 is 2.47 bits per heavy atom. The molecule has 0 radical (unpaired) electrons. The number of thiocarbonyl (C=S) groups is 1. The van der Waals surface area contributed by atoms with Crippen molar-refractivity contribution in [3.8, 4) is 0 Å². The largest absolute Gasteiger partial charge is 0.393 e. The van der Waals surface area contributed by atoms with Crippen molar-refractivity contribution >= 4 is 23.1 Å². The summed E-state index contributed by atoms with van der Waals surface area (Å²) in [5.74, 6) is -0.294. The zero-order chi connectivity index (χ0) is 14.0. The minimum Gasteiger partial charge on any atom is -0.393 e. The van der Waals surface area contributed by atoms with E-state index in [9.17, 15) is 4.79 Å². The van der Waals surface area contributed by atoms with Crippen molar-refractivity contribution in [1.82, 2.24) is 10.2 Å². The Kier molecular flexibility index (Phi) is 4.79. The molecule has 2 saturated heterocycles. The zero-order valence-electron chi connectivity index (χ0n) is 11.9. The second-order valence-electron chi connectivity index (χ2n) is 5.94. The van der Waals surface area contributed by atoms with Gasteiger partial charge in [-0.25, -0.2) is 0 Å². The third-order valence-corrected chi connectivity index (χ3v) is 5.04. The number of fused-ring (bicyclic) bond motifs is 2. The van der Waals surface area contributed by atoms with Gasteiger partial charge in [0.05, 0.1) is 10.9 Å². The lowest BCUT2D eigenvalue weighted by Gasteiger charge is -2.47. The monoisotopic (exact) mass is 283 g/mol. The topological polar surface area (TPSA) is 58.4 Å². The molecule has 2 aliphatic rings. The number of piperidine rings is 2. The van der Waals surface area contributed by atoms with E-state index in [1.54, 1.807) is 0 Å². The van der Waals surface area contributed by atoms with E-state index in [4.69, 9.17) is 18.0 Å². The van der Waals surface area contributed by atoms with E-state index in [2.05, 4.69) is 17.3 Å². The average molecular weight is 283 g/mol. The summed E-state index contributed by atoms with van der Waals surface area (Å²) in [5, 5.41) is 3.17. The minimum atomic E-state index is -0.311. The molecule has 3 unspecified atom stereocenters. The molecule has 3 N–H and O–H groups in total. The third kappa shape index (κ3) is 3.26. The maximum absolute atomic E-state index is 12.2. The van der Waals surface area contributed by atoms with Crippen LogP contribution in [0.5, 0.6) is 0 Å². The predicted molar refractivity (Wildman–Crippen MR) is 80.9 cm³/mol. The summed E-state index contributed by atoms with van der Waals surface area (Å²) in [5.41, 5.74) is 5.63. The number of nitrogens with zero attached hydrogens (tertiary/aromatic N) is 1. The van der Waals surface area contributed by atoms with Crippen molar-refractivity contribution in [2.24, 2.45) is 11.7 Å². The van der Waals surface area contributed by atoms with E-state index in [1.807, 2.05) is 6.92 Å². The Balaban J connectivity index is 1.93. The highest BCUT2D eigenvalue weighted by Gasteiger charge is 2.37. The summed E-state index contributed by atoms with van der Waals surface area (Å²) in [7, 11) is 2.22. The van der Waals surface area contributed by atoms with Crippen molar-refractivity contribution in [3.05, 3.63) is 0 Å². The molecule has 2 rings (SSSR count). The van der Waals surface area contributed by atoms with Crippen LogP contribution in [0.4, 0.5) is 0 Å². The maximum Gasteiger partial charge on any atom is 0.230 e. The van der Waals surface area contributed by atoms with Crippen LogP contribution >= 0.6 is 12.2 Å². The van der Waals surface area contributed by atoms with Crippen LogP contribution in [-0.2, 0) is 4.79 Å². The molecule has 108 valence electrons. The molecule has 0 aliphatic carbocycles. The van der Waals surface area contributed by atoms with Gasteiger partial charge < -0.3 is 16.0 Å². The highest BCUT2D eigenvalue weighted by atomic mass is 32.1. The van der Waals surface area contributed by atoms with Gasteiger partial charge >= 0.3 is 0 Å². The number of nitrogens with one attached hydrogen (secondary N) is 1. The molecule has 3 atom stereocenters. The Labute approximate surface area is 121 Å². The molecule has 2 heterocycles. The molecule has 0 aromatic heterocycles. The van der Waals surface area contributed by atoms with Gasteiger partial charge in [-0.15, -0.1) is 0 Å². The molecule has 4 nitrogen and oxygen atoms in total. The molecule has 2 bridgehead atoms. The molecule has 2 aliphatic heterocycles. The molecular formula is C14H25N3OS. The minimum absolute atomic E-state index is 0.0163. The molecule has 5 heteroatoms. The summed E-state index contributed by atoms with van der Waals surface area (Å²) in [6.45, 7) is 1.95. The Morgan fingerprint density at radius 1 is 1.42 bits per heavy atom. The second-order valence-corrected chi connectivity index (χ2v) is 6.42. The number of nitrogens with two attached hydrogens (primary N) is 1. The first-order chi connectivity index (χ1) is 9.02.